The van der Waals surface area contributed by atoms with E-state index in [1.807, 2.05) is 20.8 Å². The van der Waals surface area contributed by atoms with Gasteiger partial charge in [0.25, 0.3) is 0 Å². The van der Waals surface area contributed by atoms with E-state index in [0.29, 0.717) is 13.0 Å². The third-order valence-electron chi connectivity index (χ3n) is 3.78. The van der Waals surface area contributed by atoms with E-state index >= 15 is 0 Å². The summed E-state index contributed by atoms with van der Waals surface area (Å²) >= 11 is 0. The number of nitrogens with zero attached hydrogens (tertiary/aromatic N) is 1. The van der Waals surface area contributed by atoms with Crippen molar-refractivity contribution in [2.24, 2.45) is 11.7 Å². The van der Waals surface area contributed by atoms with Crippen molar-refractivity contribution in [1.29, 1.82) is 0 Å². The molecule has 0 radical (unpaired) electrons. The molecule has 4 nitrogen and oxygen atoms in total. The second-order valence-electron chi connectivity index (χ2n) is 6.80. The predicted molar refractivity (Wildman–Crippen MR) is 85.5 cm³/mol. The average molecular weight is 290 g/mol. The molecule has 116 valence electrons. The van der Waals surface area contributed by atoms with Crippen molar-refractivity contribution < 1.29 is 9.53 Å². The second kappa shape index (κ2) is 6.06. The Morgan fingerprint density at radius 3 is 2.76 bits per heavy atom. The summed E-state index contributed by atoms with van der Waals surface area (Å²) in [6.07, 6.45) is 1.71. The number of rotatable bonds is 4. The van der Waals surface area contributed by atoms with Gasteiger partial charge in [0.05, 0.1) is 5.92 Å². The quantitative estimate of drug-likeness (QED) is 0.863. The Hall–Kier alpha value is -1.55. The smallest absolute Gasteiger partial charge is 0.311 e. The minimum atomic E-state index is -0.467. The van der Waals surface area contributed by atoms with Gasteiger partial charge < -0.3 is 15.4 Å². The van der Waals surface area contributed by atoms with Crippen molar-refractivity contribution in [3.63, 3.8) is 0 Å². The maximum Gasteiger partial charge on any atom is 0.311 e. The van der Waals surface area contributed by atoms with Crippen LogP contribution < -0.4 is 10.6 Å². The molecule has 1 aliphatic rings. The molecule has 0 aliphatic carbocycles. The first-order valence-electron chi connectivity index (χ1n) is 7.56. The Morgan fingerprint density at radius 1 is 1.43 bits per heavy atom. The van der Waals surface area contributed by atoms with Crippen LogP contribution in [0.2, 0.25) is 0 Å². The van der Waals surface area contributed by atoms with Crippen molar-refractivity contribution in [1.82, 2.24) is 0 Å². The molecule has 1 atom stereocenters. The Labute approximate surface area is 127 Å². The summed E-state index contributed by atoms with van der Waals surface area (Å²) in [4.78, 5) is 14.4. The molecule has 0 amide bonds. The highest BCUT2D eigenvalue weighted by atomic mass is 16.6. The van der Waals surface area contributed by atoms with Gasteiger partial charge in [-0.25, -0.2) is 0 Å². The zero-order valence-corrected chi connectivity index (χ0v) is 13.5. The van der Waals surface area contributed by atoms with Gasteiger partial charge in [0.1, 0.15) is 5.60 Å². The number of anilines is 1. The van der Waals surface area contributed by atoms with Gasteiger partial charge in [-0.3, -0.25) is 4.79 Å². The lowest BCUT2D eigenvalue weighted by Crippen LogP contribution is -2.33. The van der Waals surface area contributed by atoms with Gasteiger partial charge in [-0.2, -0.15) is 0 Å². The van der Waals surface area contributed by atoms with Gasteiger partial charge in [-0.05, 0) is 50.8 Å². The number of nitrogens with two attached hydrogens (primary N) is 1. The van der Waals surface area contributed by atoms with Gasteiger partial charge in [0.2, 0.25) is 0 Å². The molecule has 0 spiro atoms. The summed E-state index contributed by atoms with van der Waals surface area (Å²) < 4.78 is 5.45. The van der Waals surface area contributed by atoms with Gasteiger partial charge in [0.15, 0.2) is 0 Å². The molecule has 0 aromatic heterocycles. The van der Waals surface area contributed by atoms with E-state index in [9.17, 15) is 4.79 Å². The largest absolute Gasteiger partial charge is 0.460 e. The third-order valence-corrected chi connectivity index (χ3v) is 3.78. The zero-order chi connectivity index (χ0) is 15.6. The first kappa shape index (κ1) is 15.8. The first-order chi connectivity index (χ1) is 9.80. The van der Waals surface area contributed by atoms with E-state index in [1.165, 1.54) is 11.3 Å². The molecule has 0 bridgehead atoms. The van der Waals surface area contributed by atoms with E-state index in [-0.39, 0.29) is 11.9 Å². The van der Waals surface area contributed by atoms with Crippen LogP contribution in [0.1, 0.15) is 31.9 Å². The number of carbonyl (C=O) groups excluding carboxylic acids is 1. The molecule has 1 aromatic rings. The maximum atomic E-state index is 12.2. The molecule has 1 unspecified atom stereocenters. The first-order valence-corrected chi connectivity index (χ1v) is 7.56. The normalized spacial score (nSPS) is 15.8. The van der Waals surface area contributed by atoms with Gasteiger partial charge in [-0.15, -0.1) is 0 Å². The Kier molecular flexibility index (Phi) is 4.57. The van der Waals surface area contributed by atoms with Crippen molar-refractivity contribution in [3.8, 4) is 0 Å². The SMILES string of the molecule is CN1CCc2cc(CC(CN)C(=O)OC(C)(C)C)ccc21. The zero-order valence-electron chi connectivity index (χ0n) is 13.5. The fourth-order valence-electron chi connectivity index (χ4n) is 2.68. The molecular weight excluding hydrogens is 264 g/mol. The Bertz CT molecular complexity index is 520. The molecule has 1 heterocycles. The number of carbonyl (C=O) groups is 1. The number of fused-ring (bicyclic) bond motifs is 1. The molecule has 2 N–H and O–H groups in total. The molecule has 1 aromatic carbocycles. The van der Waals surface area contributed by atoms with Crippen LogP contribution in [0.4, 0.5) is 5.69 Å². The van der Waals surface area contributed by atoms with Crippen LogP contribution in [-0.2, 0) is 22.4 Å². The number of hydrogen-bond acceptors (Lipinski definition) is 4. The fourth-order valence-corrected chi connectivity index (χ4v) is 2.68. The lowest BCUT2D eigenvalue weighted by atomic mass is 9.97. The van der Waals surface area contributed by atoms with Crippen LogP contribution in [0.25, 0.3) is 0 Å². The highest BCUT2D eigenvalue weighted by Crippen LogP contribution is 2.28. The second-order valence-corrected chi connectivity index (χ2v) is 6.80. The van der Waals surface area contributed by atoms with Crippen molar-refractivity contribution in [3.05, 3.63) is 29.3 Å². The highest BCUT2D eigenvalue weighted by Gasteiger charge is 2.25. The molecule has 0 saturated heterocycles. The van der Waals surface area contributed by atoms with Crippen LogP contribution >= 0.6 is 0 Å². The standard InChI is InChI=1S/C17H26N2O2/c1-17(2,3)21-16(20)14(11-18)10-12-5-6-15-13(9-12)7-8-19(15)4/h5-6,9,14H,7-8,10-11,18H2,1-4H3. The van der Waals surface area contributed by atoms with Crippen LogP contribution in [0.3, 0.4) is 0 Å². The van der Waals surface area contributed by atoms with Crippen molar-refractivity contribution in [2.45, 2.75) is 39.2 Å². The van der Waals surface area contributed by atoms with Gasteiger partial charge in [0, 0.05) is 25.8 Å². The van der Waals surface area contributed by atoms with Gasteiger partial charge in [-0.1, -0.05) is 12.1 Å². The van der Waals surface area contributed by atoms with Crippen LogP contribution in [0, 0.1) is 5.92 Å². The van der Waals surface area contributed by atoms with E-state index in [4.69, 9.17) is 10.5 Å². The van der Waals surface area contributed by atoms with Crippen LogP contribution in [0.5, 0.6) is 0 Å². The third kappa shape index (κ3) is 3.97. The number of ether oxygens (including phenoxy) is 1. The topological polar surface area (TPSA) is 55.6 Å². The molecule has 0 saturated carbocycles. The molecule has 4 heteroatoms. The molecule has 21 heavy (non-hydrogen) atoms. The van der Waals surface area contributed by atoms with E-state index in [0.717, 1.165) is 18.5 Å². The van der Waals surface area contributed by atoms with Crippen LogP contribution in [0.15, 0.2) is 18.2 Å². The predicted octanol–water partition coefficient (Wildman–Crippen LogP) is 2.14. The van der Waals surface area contributed by atoms with Gasteiger partial charge >= 0.3 is 5.97 Å². The summed E-state index contributed by atoms with van der Waals surface area (Å²) in [6, 6.07) is 6.43. The summed E-state index contributed by atoms with van der Waals surface area (Å²) in [5.41, 5.74) is 9.11. The average Bonchev–Trinajstić information content (AvgIpc) is 2.75. The summed E-state index contributed by atoms with van der Waals surface area (Å²) in [7, 11) is 2.11. The summed E-state index contributed by atoms with van der Waals surface area (Å²) in [5, 5.41) is 0. The minimum absolute atomic E-state index is 0.206. The monoisotopic (exact) mass is 290 g/mol. The van der Waals surface area contributed by atoms with Crippen molar-refractivity contribution >= 4 is 11.7 Å². The fraction of sp³-hybridized carbons (Fsp3) is 0.588. The lowest BCUT2D eigenvalue weighted by Gasteiger charge is -2.23. The van der Waals surface area contributed by atoms with E-state index < -0.39 is 5.60 Å². The number of benzene rings is 1. The van der Waals surface area contributed by atoms with E-state index in [1.54, 1.807) is 0 Å². The molecule has 0 fully saturated rings. The lowest BCUT2D eigenvalue weighted by molar-refractivity contribution is -0.159. The molecular formula is C17H26N2O2. The maximum absolute atomic E-state index is 12.2. The Morgan fingerprint density at radius 2 is 2.14 bits per heavy atom. The van der Waals surface area contributed by atoms with Crippen molar-refractivity contribution in [2.75, 3.05) is 25.0 Å². The Balaban J connectivity index is 2.07. The molecule has 2 rings (SSSR count). The van der Waals surface area contributed by atoms with Crippen LogP contribution in [-0.4, -0.2) is 31.7 Å². The summed E-state index contributed by atoms with van der Waals surface area (Å²) in [5.74, 6) is -0.482. The summed E-state index contributed by atoms with van der Waals surface area (Å²) in [6.45, 7) is 7.01. The molecule has 1 aliphatic heterocycles. The number of esters is 1. The minimum Gasteiger partial charge on any atom is -0.460 e. The number of likely N-dealkylation sites (N-methyl/N-ethyl adjacent to an activating group) is 1. The number of hydrogen-bond donors (Lipinski definition) is 1. The van der Waals surface area contributed by atoms with E-state index in [2.05, 4.69) is 30.1 Å². The highest BCUT2D eigenvalue weighted by molar-refractivity contribution is 5.73.